The molecule has 1 unspecified atom stereocenters. The van der Waals surface area contributed by atoms with Crippen molar-refractivity contribution in [1.82, 2.24) is 10.4 Å². The Labute approximate surface area is 190 Å². The number of hydrogen-bond acceptors (Lipinski definition) is 3. The summed E-state index contributed by atoms with van der Waals surface area (Å²) in [5, 5.41) is 14.3. The fraction of sp³-hybridized carbons (Fsp3) is 0.250. The van der Waals surface area contributed by atoms with Crippen molar-refractivity contribution >= 4 is 11.6 Å². The third kappa shape index (κ3) is 5.27. The minimum absolute atomic E-state index is 0.350. The molecule has 2 N–H and O–H groups in total. The molecule has 3 aromatic rings. The first kappa shape index (κ1) is 21.8. The Kier molecular flexibility index (Phi) is 7.03. The van der Waals surface area contributed by atoms with Crippen molar-refractivity contribution in [3.05, 3.63) is 102 Å². The zero-order valence-corrected chi connectivity index (χ0v) is 18.5. The molecule has 3 aromatic carbocycles. The summed E-state index contributed by atoms with van der Waals surface area (Å²) >= 11 is 0. The lowest BCUT2D eigenvalue weighted by molar-refractivity contribution is -0.157. The number of amides is 1. The van der Waals surface area contributed by atoms with Crippen LogP contribution in [0.3, 0.4) is 0 Å². The van der Waals surface area contributed by atoms with Gasteiger partial charge in [-0.1, -0.05) is 98.6 Å². The van der Waals surface area contributed by atoms with E-state index in [1.54, 1.807) is 0 Å². The van der Waals surface area contributed by atoms with Crippen LogP contribution in [0, 0.1) is 0 Å². The number of carbonyl (C=O) groups is 1. The SMILES string of the molecule is CCCCCc1ccc(C2=CN(O)C(=O)C(Cc3ccc(-c4ccccc4)cc3)N2)cc1. The maximum Gasteiger partial charge on any atom is 0.272 e. The van der Waals surface area contributed by atoms with Gasteiger partial charge in [0.15, 0.2) is 0 Å². The molecule has 164 valence electrons. The zero-order valence-electron chi connectivity index (χ0n) is 18.5. The molecule has 0 radical (unpaired) electrons. The highest BCUT2D eigenvalue weighted by molar-refractivity contribution is 5.88. The van der Waals surface area contributed by atoms with Gasteiger partial charge in [0.25, 0.3) is 5.91 Å². The summed E-state index contributed by atoms with van der Waals surface area (Å²) in [7, 11) is 0. The van der Waals surface area contributed by atoms with E-state index in [1.807, 2.05) is 30.3 Å². The van der Waals surface area contributed by atoms with Gasteiger partial charge in [-0.15, -0.1) is 0 Å². The van der Waals surface area contributed by atoms with Crippen LogP contribution in [-0.2, 0) is 17.6 Å². The molecule has 0 saturated heterocycles. The van der Waals surface area contributed by atoms with Gasteiger partial charge < -0.3 is 5.32 Å². The number of benzene rings is 3. The Morgan fingerprint density at radius 1 is 0.812 bits per heavy atom. The second-order valence-corrected chi connectivity index (χ2v) is 8.34. The first-order chi connectivity index (χ1) is 15.6. The first-order valence-corrected chi connectivity index (χ1v) is 11.4. The first-order valence-electron chi connectivity index (χ1n) is 11.4. The molecule has 0 bridgehead atoms. The lowest BCUT2D eigenvalue weighted by Gasteiger charge is -2.29. The van der Waals surface area contributed by atoms with Crippen LogP contribution in [0.4, 0.5) is 0 Å². The summed E-state index contributed by atoms with van der Waals surface area (Å²) in [6.07, 6.45) is 6.68. The molecule has 1 aliphatic heterocycles. The number of hydroxylamine groups is 2. The third-order valence-electron chi connectivity index (χ3n) is 5.94. The summed E-state index contributed by atoms with van der Waals surface area (Å²) in [5.74, 6) is -0.350. The largest absolute Gasteiger partial charge is 0.372 e. The van der Waals surface area contributed by atoms with Gasteiger partial charge >= 0.3 is 0 Å². The van der Waals surface area contributed by atoms with E-state index in [0.717, 1.165) is 34.4 Å². The molecule has 4 rings (SSSR count). The van der Waals surface area contributed by atoms with Crippen LogP contribution in [0.1, 0.15) is 42.9 Å². The highest BCUT2D eigenvalue weighted by Crippen LogP contribution is 2.23. The molecular formula is C28H30N2O2. The molecule has 32 heavy (non-hydrogen) atoms. The van der Waals surface area contributed by atoms with Crippen LogP contribution in [0.5, 0.6) is 0 Å². The fourth-order valence-corrected chi connectivity index (χ4v) is 4.06. The summed E-state index contributed by atoms with van der Waals surface area (Å²) in [6, 6.07) is 26.3. The molecule has 0 spiro atoms. The number of rotatable bonds is 8. The molecule has 4 heteroatoms. The Bertz CT molecular complexity index is 1060. The molecule has 1 atom stereocenters. The van der Waals surface area contributed by atoms with Crippen molar-refractivity contribution in [3.63, 3.8) is 0 Å². The molecule has 0 aromatic heterocycles. The van der Waals surface area contributed by atoms with Crippen LogP contribution in [0.15, 0.2) is 85.1 Å². The molecule has 4 nitrogen and oxygen atoms in total. The van der Waals surface area contributed by atoms with Crippen LogP contribution >= 0.6 is 0 Å². The maximum absolute atomic E-state index is 12.6. The summed E-state index contributed by atoms with van der Waals surface area (Å²) < 4.78 is 0. The maximum atomic E-state index is 12.6. The van der Waals surface area contributed by atoms with E-state index in [0.29, 0.717) is 11.5 Å². The minimum atomic E-state index is -0.521. The third-order valence-corrected chi connectivity index (χ3v) is 5.94. The molecular weight excluding hydrogens is 396 g/mol. The van der Waals surface area contributed by atoms with Crippen molar-refractivity contribution in [1.29, 1.82) is 0 Å². The second kappa shape index (κ2) is 10.3. The molecule has 0 aliphatic carbocycles. The van der Waals surface area contributed by atoms with E-state index < -0.39 is 6.04 Å². The van der Waals surface area contributed by atoms with E-state index in [-0.39, 0.29) is 5.91 Å². The topological polar surface area (TPSA) is 52.6 Å². The smallest absolute Gasteiger partial charge is 0.272 e. The average Bonchev–Trinajstić information content (AvgIpc) is 2.83. The van der Waals surface area contributed by atoms with Gasteiger partial charge in [-0.3, -0.25) is 10.0 Å². The zero-order chi connectivity index (χ0) is 22.3. The Morgan fingerprint density at radius 2 is 1.44 bits per heavy atom. The second-order valence-electron chi connectivity index (χ2n) is 8.34. The number of aryl methyl sites for hydroxylation is 1. The fourth-order valence-electron chi connectivity index (χ4n) is 4.06. The van der Waals surface area contributed by atoms with Gasteiger partial charge in [-0.25, -0.2) is 0 Å². The van der Waals surface area contributed by atoms with Gasteiger partial charge in [0.05, 0.1) is 11.9 Å². The van der Waals surface area contributed by atoms with Crippen LogP contribution < -0.4 is 5.32 Å². The standard InChI is InChI=1S/C28H30N2O2/c1-2-3-5-8-21-11-17-25(18-12-21)27-20-30(32)28(31)26(29-27)19-22-13-15-24(16-14-22)23-9-6-4-7-10-23/h4,6-7,9-18,20,26,29,32H,2-3,5,8,19H2,1H3. The molecule has 1 amide bonds. The highest BCUT2D eigenvalue weighted by atomic mass is 16.5. The minimum Gasteiger partial charge on any atom is -0.372 e. The number of nitrogens with zero attached hydrogens (tertiary/aromatic N) is 1. The van der Waals surface area contributed by atoms with Crippen LogP contribution in [0.25, 0.3) is 16.8 Å². The van der Waals surface area contributed by atoms with Crippen molar-refractivity contribution in [2.75, 3.05) is 0 Å². The predicted octanol–water partition coefficient (Wildman–Crippen LogP) is 5.82. The quantitative estimate of drug-likeness (QED) is 0.353. The lowest BCUT2D eigenvalue weighted by atomic mass is 9.98. The monoisotopic (exact) mass is 426 g/mol. The van der Waals surface area contributed by atoms with E-state index in [2.05, 4.69) is 60.8 Å². The van der Waals surface area contributed by atoms with Crippen molar-refractivity contribution in [2.24, 2.45) is 0 Å². The van der Waals surface area contributed by atoms with Crippen LogP contribution in [-0.4, -0.2) is 22.2 Å². The highest BCUT2D eigenvalue weighted by Gasteiger charge is 2.28. The van der Waals surface area contributed by atoms with Gasteiger partial charge in [-0.05, 0) is 40.7 Å². The molecule has 1 heterocycles. The summed E-state index contributed by atoms with van der Waals surface area (Å²) in [5.41, 5.74) is 6.36. The number of nitrogens with one attached hydrogen (secondary N) is 1. The van der Waals surface area contributed by atoms with E-state index in [4.69, 9.17) is 0 Å². The normalized spacial score (nSPS) is 15.9. The number of unbranched alkanes of at least 4 members (excludes halogenated alkanes) is 2. The van der Waals surface area contributed by atoms with E-state index >= 15 is 0 Å². The van der Waals surface area contributed by atoms with E-state index in [9.17, 15) is 10.0 Å². The van der Waals surface area contributed by atoms with Gasteiger partial charge in [0, 0.05) is 6.42 Å². The molecule has 0 fully saturated rings. The Hall–Kier alpha value is -3.37. The number of carbonyl (C=O) groups excluding carboxylic acids is 1. The van der Waals surface area contributed by atoms with Gasteiger partial charge in [0.2, 0.25) is 0 Å². The molecule has 0 saturated carbocycles. The van der Waals surface area contributed by atoms with E-state index in [1.165, 1.54) is 31.0 Å². The number of hydrogen-bond donors (Lipinski definition) is 2. The molecule has 1 aliphatic rings. The van der Waals surface area contributed by atoms with Crippen LogP contribution in [0.2, 0.25) is 0 Å². The summed E-state index contributed by atoms with van der Waals surface area (Å²) in [4.78, 5) is 12.6. The van der Waals surface area contributed by atoms with Gasteiger partial charge in [-0.2, -0.15) is 5.06 Å². The van der Waals surface area contributed by atoms with Gasteiger partial charge in [0.1, 0.15) is 6.04 Å². The van der Waals surface area contributed by atoms with Crippen molar-refractivity contribution in [2.45, 2.75) is 45.1 Å². The van der Waals surface area contributed by atoms with Crippen molar-refractivity contribution in [3.8, 4) is 11.1 Å². The predicted molar refractivity (Wildman–Crippen MR) is 129 cm³/mol. The summed E-state index contributed by atoms with van der Waals surface area (Å²) in [6.45, 7) is 2.21. The Morgan fingerprint density at radius 3 is 2.12 bits per heavy atom. The Balaban J connectivity index is 1.44. The average molecular weight is 427 g/mol. The lowest BCUT2D eigenvalue weighted by Crippen LogP contribution is -2.48. The van der Waals surface area contributed by atoms with Crippen molar-refractivity contribution < 1.29 is 10.0 Å².